The molecule has 4 nitrogen and oxygen atoms in total. The Bertz CT molecular complexity index is 538. The van der Waals surface area contributed by atoms with Crippen molar-refractivity contribution in [3.05, 3.63) is 30.3 Å². The number of anilines is 1. The van der Waals surface area contributed by atoms with E-state index in [-0.39, 0.29) is 17.7 Å². The summed E-state index contributed by atoms with van der Waals surface area (Å²) in [5.74, 6) is 1.10. The SMILES string of the molecule is O=C(CC1CCCCC1)NC[C@@H]1CC(=O)N(c2ccccc2)C1. The quantitative estimate of drug-likeness (QED) is 0.908. The molecule has 1 aromatic carbocycles. The third-order valence-electron chi connectivity index (χ3n) is 5.06. The van der Waals surface area contributed by atoms with Gasteiger partial charge in [0.05, 0.1) is 0 Å². The van der Waals surface area contributed by atoms with Gasteiger partial charge in [0, 0.05) is 37.5 Å². The first-order valence-electron chi connectivity index (χ1n) is 8.84. The van der Waals surface area contributed by atoms with Crippen LogP contribution in [0.2, 0.25) is 0 Å². The van der Waals surface area contributed by atoms with E-state index >= 15 is 0 Å². The number of benzene rings is 1. The molecule has 23 heavy (non-hydrogen) atoms. The van der Waals surface area contributed by atoms with Crippen molar-refractivity contribution >= 4 is 17.5 Å². The Hall–Kier alpha value is -1.84. The summed E-state index contributed by atoms with van der Waals surface area (Å²) in [6.07, 6.45) is 7.41. The Morgan fingerprint density at radius 1 is 1.09 bits per heavy atom. The highest BCUT2D eigenvalue weighted by atomic mass is 16.2. The van der Waals surface area contributed by atoms with Crippen molar-refractivity contribution in [2.24, 2.45) is 11.8 Å². The molecule has 3 rings (SSSR count). The molecule has 2 amide bonds. The minimum Gasteiger partial charge on any atom is -0.356 e. The molecule has 4 heteroatoms. The molecule has 1 saturated carbocycles. The molecular formula is C19H26N2O2. The highest BCUT2D eigenvalue weighted by molar-refractivity contribution is 5.95. The third-order valence-corrected chi connectivity index (χ3v) is 5.06. The molecule has 1 aromatic rings. The average Bonchev–Trinajstić information content (AvgIpc) is 2.96. The van der Waals surface area contributed by atoms with Crippen LogP contribution < -0.4 is 10.2 Å². The summed E-state index contributed by atoms with van der Waals surface area (Å²) >= 11 is 0. The zero-order valence-corrected chi connectivity index (χ0v) is 13.7. The van der Waals surface area contributed by atoms with Gasteiger partial charge in [-0.25, -0.2) is 0 Å². The van der Waals surface area contributed by atoms with Crippen LogP contribution in [-0.2, 0) is 9.59 Å². The van der Waals surface area contributed by atoms with Crippen LogP contribution >= 0.6 is 0 Å². The van der Waals surface area contributed by atoms with Crippen molar-refractivity contribution in [3.63, 3.8) is 0 Å². The van der Waals surface area contributed by atoms with Crippen LogP contribution in [0.1, 0.15) is 44.9 Å². The Morgan fingerprint density at radius 2 is 1.83 bits per heavy atom. The summed E-state index contributed by atoms with van der Waals surface area (Å²) in [6.45, 7) is 1.31. The summed E-state index contributed by atoms with van der Waals surface area (Å²) in [4.78, 5) is 26.1. The summed E-state index contributed by atoms with van der Waals surface area (Å²) in [7, 11) is 0. The van der Waals surface area contributed by atoms with Gasteiger partial charge in [0.1, 0.15) is 0 Å². The van der Waals surface area contributed by atoms with Crippen LogP contribution in [0.25, 0.3) is 0 Å². The largest absolute Gasteiger partial charge is 0.356 e. The molecule has 1 atom stereocenters. The van der Waals surface area contributed by atoms with Crippen molar-refractivity contribution in [2.75, 3.05) is 18.0 Å². The van der Waals surface area contributed by atoms with Gasteiger partial charge in [0.25, 0.3) is 0 Å². The van der Waals surface area contributed by atoms with Crippen LogP contribution in [-0.4, -0.2) is 24.9 Å². The van der Waals surface area contributed by atoms with Crippen LogP contribution in [0, 0.1) is 11.8 Å². The van der Waals surface area contributed by atoms with Crippen molar-refractivity contribution in [3.8, 4) is 0 Å². The van der Waals surface area contributed by atoms with Gasteiger partial charge in [0.2, 0.25) is 11.8 Å². The highest BCUT2D eigenvalue weighted by Crippen LogP contribution is 2.27. The minimum absolute atomic E-state index is 0.155. The van der Waals surface area contributed by atoms with Crippen LogP contribution in [0.15, 0.2) is 30.3 Å². The monoisotopic (exact) mass is 314 g/mol. The van der Waals surface area contributed by atoms with Gasteiger partial charge in [-0.3, -0.25) is 9.59 Å². The van der Waals surface area contributed by atoms with Gasteiger partial charge in [-0.1, -0.05) is 37.5 Å². The molecule has 124 valence electrons. The molecular weight excluding hydrogens is 288 g/mol. The van der Waals surface area contributed by atoms with E-state index in [1.165, 1.54) is 32.1 Å². The number of para-hydroxylation sites is 1. The fourth-order valence-electron chi connectivity index (χ4n) is 3.76. The van der Waals surface area contributed by atoms with Gasteiger partial charge in [-0.15, -0.1) is 0 Å². The Morgan fingerprint density at radius 3 is 2.57 bits per heavy atom. The van der Waals surface area contributed by atoms with E-state index in [1.807, 2.05) is 35.2 Å². The Labute approximate surface area is 138 Å². The second-order valence-corrected chi connectivity index (χ2v) is 6.92. The van der Waals surface area contributed by atoms with E-state index in [0.29, 0.717) is 31.8 Å². The lowest BCUT2D eigenvalue weighted by Gasteiger charge is -2.21. The highest BCUT2D eigenvalue weighted by Gasteiger charge is 2.30. The van der Waals surface area contributed by atoms with Gasteiger partial charge >= 0.3 is 0 Å². The van der Waals surface area contributed by atoms with Crippen LogP contribution in [0.5, 0.6) is 0 Å². The van der Waals surface area contributed by atoms with Crippen LogP contribution in [0.4, 0.5) is 5.69 Å². The maximum atomic E-state index is 12.2. The number of amides is 2. The number of nitrogens with zero attached hydrogens (tertiary/aromatic N) is 1. The molecule has 0 bridgehead atoms. The smallest absolute Gasteiger partial charge is 0.227 e. The topological polar surface area (TPSA) is 49.4 Å². The summed E-state index contributed by atoms with van der Waals surface area (Å²) < 4.78 is 0. The number of hydrogen-bond donors (Lipinski definition) is 1. The fraction of sp³-hybridized carbons (Fsp3) is 0.579. The molecule has 1 heterocycles. The molecule has 0 unspecified atom stereocenters. The summed E-state index contributed by atoms with van der Waals surface area (Å²) in [5.41, 5.74) is 0.952. The molecule has 0 radical (unpaired) electrons. The second-order valence-electron chi connectivity index (χ2n) is 6.92. The van der Waals surface area contributed by atoms with Crippen LogP contribution in [0.3, 0.4) is 0 Å². The molecule has 1 saturated heterocycles. The molecule has 0 spiro atoms. The average molecular weight is 314 g/mol. The van der Waals surface area contributed by atoms with E-state index in [4.69, 9.17) is 0 Å². The first-order chi connectivity index (χ1) is 11.2. The van der Waals surface area contributed by atoms with E-state index in [2.05, 4.69) is 5.32 Å². The fourth-order valence-corrected chi connectivity index (χ4v) is 3.76. The Balaban J connectivity index is 1.44. The zero-order valence-electron chi connectivity index (χ0n) is 13.7. The van der Waals surface area contributed by atoms with Crippen molar-refractivity contribution < 1.29 is 9.59 Å². The predicted molar refractivity (Wildman–Crippen MR) is 91.1 cm³/mol. The molecule has 1 aliphatic heterocycles. The number of carbonyl (C=O) groups excluding carboxylic acids is 2. The number of carbonyl (C=O) groups is 2. The lowest BCUT2D eigenvalue weighted by atomic mass is 9.87. The lowest BCUT2D eigenvalue weighted by molar-refractivity contribution is -0.122. The maximum Gasteiger partial charge on any atom is 0.227 e. The van der Waals surface area contributed by atoms with E-state index in [0.717, 1.165) is 5.69 Å². The molecule has 1 N–H and O–H groups in total. The second kappa shape index (κ2) is 7.62. The van der Waals surface area contributed by atoms with E-state index in [9.17, 15) is 9.59 Å². The number of hydrogen-bond acceptors (Lipinski definition) is 2. The van der Waals surface area contributed by atoms with Gasteiger partial charge < -0.3 is 10.2 Å². The normalized spacial score (nSPS) is 22.3. The molecule has 2 fully saturated rings. The molecule has 2 aliphatic rings. The maximum absolute atomic E-state index is 12.2. The van der Waals surface area contributed by atoms with Crippen molar-refractivity contribution in [2.45, 2.75) is 44.9 Å². The van der Waals surface area contributed by atoms with Crippen molar-refractivity contribution in [1.29, 1.82) is 0 Å². The molecule has 1 aliphatic carbocycles. The van der Waals surface area contributed by atoms with E-state index in [1.54, 1.807) is 0 Å². The minimum atomic E-state index is 0.155. The summed E-state index contributed by atoms with van der Waals surface area (Å²) in [5, 5.41) is 3.05. The standard InChI is InChI=1S/C19H26N2O2/c22-18(11-15-7-3-1-4-8-15)20-13-16-12-19(23)21(14-16)17-9-5-2-6-10-17/h2,5-6,9-10,15-16H,1,3-4,7-8,11-14H2,(H,20,22)/t16-/m0/s1. The number of rotatable bonds is 5. The number of nitrogens with one attached hydrogen (secondary N) is 1. The van der Waals surface area contributed by atoms with Crippen molar-refractivity contribution in [1.82, 2.24) is 5.32 Å². The van der Waals surface area contributed by atoms with Gasteiger partial charge in [-0.2, -0.15) is 0 Å². The van der Waals surface area contributed by atoms with Gasteiger partial charge in [0.15, 0.2) is 0 Å². The van der Waals surface area contributed by atoms with Gasteiger partial charge in [-0.05, 0) is 30.9 Å². The zero-order chi connectivity index (χ0) is 16.1. The lowest BCUT2D eigenvalue weighted by Crippen LogP contribution is -2.32. The summed E-state index contributed by atoms with van der Waals surface area (Å²) in [6, 6.07) is 9.76. The van der Waals surface area contributed by atoms with E-state index < -0.39 is 0 Å². The predicted octanol–water partition coefficient (Wildman–Crippen LogP) is 3.13. The first-order valence-corrected chi connectivity index (χ1v) is 8.84. The molecule has 0 aromatic heterocycles. The Kier molecular flexibility index (Phi) is 5.31. The third kappa shape index (κ3) is 4.34. The first kappa shape index (κ1) is 16.0.